The molecule has 9 heteroatoms. The number of aromatic nitrogens is 3. The first-order valence-corrected chi connectivity index (χ1v) is 12.3. The zero-order valence-electron chi connectivity index (χ0n) is 15.8. The van der Waals surface area contributed by atoms with Gasteiger partial charge in [-0.25, -0.2) is 8.42 Å². The van der Waals surface area contributed by atoms with Gasteiger partial charge in [-0.15, -0.1) is 10.2 Å². The maximum atomic E-state index is 12.6. The first kappa shape index (κ1) is 19.4. The minimum atomic E-state index is -3.01. The van der Waals surface area contributed by atoms with E-state index in [4.69, 9.17) is 0 Å². The van der Waals surface area contributed by atoms with Gasteiger partial charge in [0.1, 0.15) is 5.82 Å². The summed E-state index contributed by atoms with van der Waals surface area (Å²) in [6.45, 7) is 0.687. The van der Waals surface area contributed by atoms with E-state index in [2.05, 4.69) is 26.9 Å². The summed E-state index contributed by atoms with van der Waals surface area (Å²) in [5, 5.41) is 9.46. The molecule has 4 rings (SSSR count). The molecule has 150 valence electrons. The lowest BCUT2D eigenvalue weighted by molar-refractivity contribution is -0.128. The average molecular weight is 421 g/mol. The van der Waals surface area contributed by atoms with Crippen LogP contribution >= 0.6 is 11.8 Å². The Hall–Kier alpha value is -1.87. The number of hydrogen-bond acceptors (Lipinski definition) is 6. The maximum Gasteiger partial charge on any atom is 0.233 e. The van der Waals surface area contributed by atoms with Crippen LogP contribution in [0.1, 0.15) is 36.6 Å². The average Bonchev–Trinajstić information content (AvgIpc) is 3.35. The van der Waals surface area contributed by atoms with Crippen LogP contribution in [0.5, 0.6) is 0 Å². The zero-order valence-corrected chi connectivity index (χ0v) is 17.5. The summed E-state index contributed by atoms with van der Waals surface area (Å²) in [5.74, 6) is 1.84. The summed E-state index contributed by atoms with van der Waals surface area (Å²) < 4.78 is 25.5. The molecule has 1 atom stereocenters. The van der Waals surface area contributed by atoms with E-state index in [1.54, 1.807) is 11.9 Å². The molecule has 1 aromatic carbocycles. The van der Waals surface area contributed by atoms with E-state index >= 15 is 0 Å². The third-order valence-corrected chi connectivity index (χ3v) is 8.05. The number of rotatable bonds is 7. The van der Waals surface area contributed by atoms with Crippen molar-refractivity contribution in [3.05, 3.63) is 41.7 Å². The molecule has 0 radical (unpaired) electrons. The SMILES string of the molecule is CN(C(=O)CSc1nnc(C2CC2)n1Cc1ccccc1)C1CCS(=O)(=O)C1. The van der Waals surface area contributed by atoms with Crippen LogP contribution in [0.3, 0.4) is 0 Å². The standard InChI is InChI=1S/C19H24N4O3S2/c1-22(16-9-10-28(25,26)13-16)17(24)12-27-19-21-20-18(15-7-8-15)23(19)11-14-5-3-2-4-6-14/h2-6,15-16H,7-13H2,1H3. The number of carbonyl (C=O) groups is 1. The van der Waals surface area contributed by atoms with Crippen molar-refractivity contribution in [3.63, 3.8) is 0 Å². The van der Waals surface area contributed by atoms with Gasteiger partial charge < -0.3 is 9.47 Å². The van der Waals surface area contributed by atoms with Crippen LogP contribution in [0.25, 0.3) is 0 Å². The number of nitrogens with zero attached hydrogens (tertiary/aromatic N) is 4. The van der Waals surface area contributed by atoms with Crippen LogP contribution in [-0.2, 0) is 21.2 Å². The minimum absolute atomic E-state index is 0.0654. The fraction of sp³-hybridized carbons (Fsp3) is 0.526. The van der Waals surface area contributed by atoms with E-state index in [9.17, 15) is 13.2 Å². The number of amides is 1. The zero-order chi connectivity index (χ0) is 19.7. The molecule has 7 nitrogen and oxygen atoms in total. The number of benzene rings is 1. The van der Waals surface area contributed by atoms with Gasteiger partial charge in [0.2, 0.25) is 5.91 Å². The Kier molecular flexibility index (Phi) is 5.46. The second kappa shape index (κ2) is 7.87. The van der Waals surface area contributed by atoms with Crippen molar-refractivity contribution in [2.75, 3.05) is 24.3 Å². The maximum absolute atomic E-state index is 12.6. The van der Waals surface area contributed by atoms with Crippen molar-refractivity contribution in [1.29, 1.82) is 0 Å². The van der Waals surface area contributed by atoms with E-state index in [0.717, 1.165) is 23.8 Å². The van der Waals surface area contributed by atoms with Gasteiger partial charge >= 0.3 is 0 Å². The highest BCUT2D eigenvalue weighted by Gasteiger charge is 2.33. The smallest absolute Gasteiger partial charge is 0.233 e. The van der Waals surface area contributed by atoms with Gasteiger partial charge in [0.05, 0.1) is 23.8 Å². The summed E-state index contributed by atoms with van der Waals surface area (Å²) in [6, 6.07) is 9.94. The molecule has 0 spiro atoms. The van der Waals surface area contributed by atoms with Crippen LogP contribution in [0.15, 0.2) is 35.5 Å². The highest BCUT2D eigenvalue weighted by Crippen LogP contribution is 2.40. The van der Waals surface area contributed by atoms with Gasteiger partial charge in [0.15, 0.2) is 15.0 Å². The summed E-state index contributed by atoms with van der Waals surface area (Å²) >= 11 is 1.38. The molecular formula is C19H24N4O3S2. The molecule has 1 aliphatic heterocycles. The number of hydrogen-bond donors (Lipinski definition) is 0. The summed E-state index contributed by atoms with van der Waals surface area (Å²) in [7, 11) is -1.32. The normalized spacial score (nSPS) is 21.0. The molecule has 2 aliphatic rings. The molecule has 0 bridgehead atoms. The first-order valence-electron chi connectivity index (χ1n) is 9.49. The summed E-state index contributed by atoms with van der Waals surface area (Å²) in [5.41, 5.74) is 1.17. The lowest BCUT2D eigenvalue weighted by Gasteiger charge is -2.23. The van der Waals surface area contributed by atoms with Crippen LogP contribution in [-0.4, -0.2) is 64.3 Å². The Balaban J connectivity index is 1.44. The topological polar surface area (TPSA) is 85.2 Å². The van der Waals surface area contributed by atoms with Crippen molar-refractivity contribution < 1.29 is 13.2 Å². The molecule has 1 aliphatic carbocycles. The highest BCUT2D eigenvalue weighted by atomic mass is 32.2. The van der Waals surface area contributed by atoms with Gasteiger partial charge in [-0.3, -0.25) is 4.79 Å². The van der Waals surface area contributed by atoms with E-state index in [0.29, 0.717) is 18.9 Å². The van der Waals surface area contributed by atoms with Gasteiger partial charge in [0.25, 0.3) is 0 Å². The van der Waals surface area contributed by atoms with Gasteiger partial charge in [-0.05, 0) is 24.8 Å². The second-order valence-electron chi connectivity index (χ2n) is 7.54. The predicted molar refractivity (Wildman–Crippen MR) is 108 cm³/mol. The van der Waals surface area contributed by atoms with Crippen molar-refractivity contribution in [2.24, 2.45) is 0 Å². The highest BCUT2D eigenvalue weighted by molar-refractivity contribution is 7.99. The molecule has 1 amide bonds. The van der Waals surface area contributed by atoms with Gasteiger partial charge in [-0.2, -0.15) is 0 Å². The van der Waals surface area contributed by atoms with Gasteiger partial charge in [0, 0.05) is 19.0 Å². The third-order valence-electron chi connectivity index (χ3n) is 5.35. The van der Waals surface area contributed by atoms with Gasteiger partial charge in [-0.1, -0.05) is 42.1 Å². The third kappa shape index (κ3) is 4.41. The lowest BCUT2D eigenvalue weighted by atomic mass is 10.2. The first-order chi connectivity index (χ1) is 13.4. The van der Waals surface area contributed by atoms with Crippen LogP contribution in [0.2, 0.25) is 0 Å². The Bertz CT molecular complexity index is 955. The van der Waals surface area contributed by atoms with E-state index < -0.39 is 9.84 Å². The Morgan fingerprint density at radius 2 is 1.96 bits per heavy atom. The molecule has 2 heterocycles. The van der Waals surface area contributed by atoms with Crippen LogP contribution < -0.4 is 0 Å². The molecule has 2 fully saturated rings. The summed E-state index contributed by atoms with van der Waals surface area (Å²) in [4.78, 5) is 14.2. The van der Waals surface area contributed by atoms with E-state index in [-0.39, 0.29) is 29.2 Å². The molecular weight excluding hydrogens is 396 g/mol. The number of carbonyl (C=O) groups excluding carboxylic acids is 1. The largest absolute Gasteiger partial charge is 0.341 e. The molecule has 1 saturated heterocycles. The van der Waals surface area contributed by atoms with E-state index in [1.165, 1.54) is 17.3 Å². The quantitative estimate of drug-likeness (QED) is 0.637. The fourth-order valence-corrected chi connectivity index (χ4v) is 6.12. The second-order valence-corrected chi connectivity index (χ2v) is 10.7. The number of thioether (sulfide) groups is 1. The molecule has 0 N–H and O–H groups in total. The molecule has 1 saturated carbocycles. The Morgan fingerprint density at radius 3 is 2.61 bits per heavy atom. The van der Waals surface area contributed by atoms with Crippen molar-refractivity contribution in [2.45, 2.75) is 42.9 Å². The van der Waals surface area contributed by atoms with Crippen molar-refractivity contribution >= 4 is 27.5 Å². The molecule has 28 heavy (non-hydrogen) atoms. The Morgan fingerprint density at radius 1 is 1.21 bits per heavy atom. The Labute approximate surface area is 169 Å². The van der Waals surface area contributed by atoms with E-state index in [1.807, 2.05) is 18.2 Å². The fourth-order valence-electron chi connectivity index (χ4n) is 3.48. The summed E-state index contributed by atoms with van der Waals surface area (Å²) in [6.07, 6.45) is 2.79. The van der Waals surface area contributed by atoms with Crippen LogP contribution in [0.4, 0.5) is 0 Å². The van der Waals surface area contributed by atoms with Crippen molar-refractivity contribution in [1.82, 2.24) is 19.7 Å². The van der Waals surface area contributed by atoms with Crippen LogP contribution in [0, 0.1) is 0 Å². The predicted octanol–water partition coefficient (Wildman–Crippen LogP) is 1.94. The monoisotopic (exact) mass is 420 g/mol. The van der Waals surface area contributed by atoms with Crippen molar-refractivity contribution in [3.8, 4) is 0 Å². The molecule has 2 aromatic rings. The molecule has 1 aromatic heterocycles. The lowest BCUT2D eigenvalue weighted by Crippen LogP contribution is -2.38. The minimum Gasteiger partial charge on any atom is -0.341 e. The number of sulfone groups is 1. The molecule has 1 unspecified atom stereocenters.